The molecule has 7 heteroatoms. The Labute approximate surface area is 160 Å². The smallest absolute Gasteiger partial charge is 0.210 e. The van der Waals surface area contributed by atoms with E-state index in [1.165, 1.54) is 0 Å². The highest BCUT2D eigenvalue weighted by Crippen LogP contribution is 2.26. The molecule has 2 aromatic carbocycles. The predicted octanol–water partition coefficient (Wildman–Crippen LogP) is 4.18. The van der Waals surface area contributed by atoms with E-state index in [1.807, 2.05) is 42.5 Å². The Kier molecular flexibility index (Phi) is 5.33. The lowest BCUT2D eigenvalue weighted by atomic mass is 9.87. The summed E-state index contributed by atoms with van der Waals surface area (Å²) in [7, 11) is -4.90. The summed E-state index contributed by atoms with van der Waals surface area (Å²) >= 11 is 1.16. The maximum atomic E-state index is 12.5. The second kappa shape index (κ2) is 7.21. The van der Waals surface area contributed by atoms with Crippen molar-refractivity contribution in [2.45, 2.75) is 35.4 Å². The Balaban J connectivity index is 1.72. The standard InChI is InChI=1S/C19H21NO3S3/c1-19(2,3)14-8-10-15(11-9-14)25(21)12-13-26(22,23)18-20-16-6-4-5-7-17(16)24-18/h4-11H,12-13H2,1-3H3. The summed E-state index contributed by atoms with van der Waals surface area (Å²) in [5.74, 6) is -0.117. The van der Waals surface area contributed by atoms with Crippen LogP contribution in [0.15, 0.2) is 57.8 Å². The first-order valence-corrected chi connectivity index (χ1v) is 12.0. The van der Waals surface area contributed by atoms with Gasteiger partial charge in [-0.2, -0.15) is 0 Å². The van der Waals surface area contributed by atoms with E-state index < -0.39 is 20.6 Å². The molecule has 0 saturated heterocycles. The second-order valence-corrected chi connectivity index (χ2v) is 12.0. The van der Waals surface area contributed by atoms with Crippen LogP contribution in [0.2, 0.25) is 0 Å². The van der Waals surface area contributed by atoms with Crippen molar-refractivity contribution in [2.24, 2.45) is 0 Å². The van der Waals surface area contributed by atoms with Gasteiger partial charge in [-0.15, -0.1) is 11.3 Å². The highest BCUT2D eigenvalue weighted by Gasteiger charge is 2.21. The van der Waals surface area contributed by atoms with E-state index in [9.17, 15) is 12.6 Å². The molecule has 0 aliphatic heterocycles. The lowest BCUT2D eigenvalue weighted by molar-refractivity contribution is 0.589. The van der Waals surface area contributed by atoms with Crippen LogP contribution in [0.5, 0.6) is 0 Å². The van der Waals surface area contributed by atoms with Crippen molar-refractivity contribution in [1.82, 2.24) is 4.98 Å². The number of aromatic nitrogens is 1. The zero-order chi connectivity index (χ0) is 18.9. The van der Waals surface area contributed by atoms with Crippen LogP contribution in [-0.2, 0) is 26.1 Å². The Morgan fingerprint density at radius 3 is 2.31 bits per heavy atom. The molecule has 4 nitrogen and oxygen atoms in total. The summed E-state index contributed by atoms with van der Waals surface area (Å²) in [5, 5.41) is 0. The molecule has 1 aromatic heterocycles. The minimum Gasteiger partial charge on any atom is -0.254 e. The summed E-state index contributed by atoms with van der Waals surface area (Å²) in [4.78, 5) is 4.86. The molecule has 3 aromatic rings. The third-order valence-corrected chi connectivity index (χ3v) is 8.90. The summed E-state index contributed by atoms with van der Waals surface area (Å²) in [6, 6.07) is 14.9. The highest BCUT2D eigenvalue weighted by molar-refractivity contribution is 7.94. The molecule has 0 fully saturated rings. The Morgan fingerprint density at radius 2 is 1.69 bits per heavy atom. The van der Waals surface area contributed by atoms with E-state index in [4.69, 9.17) is 0 Å². The zero-order valence-electron chi connectivity index (χ0n) is 14.9. The van der Waals surface area contributed by atoms with E-state index >= 15 is 0 Å². The number of hydrogen-bond acceptors (Lipinski definition) is 5. The molecule has 0 bridgehead atoms. The SMILES string of the molecule is CC(C)(C)c1ccc(S(=O)CCS(=O)(=O)c2nc3ccccc3s2)cc1. The Bertz CT molecular complexity index is 1010. The first-order valence-electron chi connectivity index (χ1n) is 8.24. The van der Waals surface area contributed by atoms with E-state index in [-0.39, 0.29) is 21.3 Å². The van der Waals surface area contributed by atoms with Crippen molar-refractivity contribution < 1.29 is 12.6 Å². The summed E-state index contributed by atoms with van der Waals surface area (Å²) in [5.41, 5.74) is 1.85. The van der Waals surface area contributed by atoms with Gasteiger partial charge in [-0.3, -0.25) is 4.21 Å². The monoisotopic (exact) mass is 407 g/mol. The van der Waals surface area contributed by atoms with Crippen molar-refractivity contribution in [1.29, 1.82) is 0 Å². The number of benzene rings is 2. The molecule has 0 spiro atoms. The van der Waals surface area contributed by atoms with E-state index in [0.717, 1.165) is 21.6 Å². The molecule has 1 heterocycles. The molecular formula is C19H21NO3S3. The van der Waals surface area contributed by atoms with E-state index in [2.05, 4.69) is 25.8 Å². The van der Waals surface area contributed by atoms with Crippen LogP contribution in [0.4, 0.5) is 0 Å². The second-order valence-electron chi connectivity index (χ2n) is 7.09. The summed E-state index contributed by atoms with van der Waals surface area (Å²) in [6.07, 6.45) is 0. The average Bonchev–Trinajstić information content (AvgIpc) is 3.04. The number of sulfone groups is 1. The molecule has 0 saturated carbocycles. The van der Waals surface area contributed by atoms with Crippen LogP contribution in [0.1, 0.15) is 26.3 Å². The lowest BCUT2D eigenvalue weighted by Gasteiger charge is -2.19. The number of fused-ring (bicyclic) bond motifs is 1. The summed E-state index contributed by atoms with van der Waals surface area (Å²) < 4.78 is 38.5. The Morgan fingerprint density at radius 1 is 1.04 bits per heavy atom. The number of hydrogen-bond donors (Lipinski definition) is 0. The molecule has 0 aliphatic rings. The topological polar surface area (TPSA) is 64.1 Å². The van der Waals surface area contributed by atoms with Crippen LogP contribution in [-0.4, -0.2) is 29.1 Å². The third-order valence-electron chi connectivity index (χ3n) is 4.06. The van der Waals surface area contributed by atoms with Gasteiger partial charge in [0.2, 0.25) is 14.2 Å². The number of rotatable bonds is 5. The zero-order valence-corrected chi connectivity index (χ0v) is 17.4. The van der Waals surface area contributed by atoms with Crippen LogP contribution >= 0.6 is 11.3 Å². The molecule has 1 unspecified atom stereocenters. The van der Waals surface area contributed by atoms with Gasteiger partial charge in [0.1, 0.15) is 0 Å². The van der Waals surface area contributed by atoms with Crippen LogP contribution in [0, 0.1) is 0 Å². The molecule has 26 heavy (non-hydrogen) atoms. The van der Waals surface area contributed by atoms with Gasteiger partial charge in [0, 0.05) is 10.6 Å². The summed E-state index contributed by atoms with van der Waals surface area (Å²) in [6.45, 7) is 6.34. The van der Waals surface area contributed by atoms with Crippen molar-refractivity contribution in [3.8, 4) is 0 Å². The lowest BCUT2D eigenvalue weighted by Crippen LogP contribution is -2.14. The van der Waals surface area contributed by atoms with Crippen molar-refractivity contribution in [3.05, 3.63) is 54.1 Å². The third kappa shape index (κ3) is 4.22. The minimum absolute atomic E-state index is 0.0240. The van der Waals surface area contributed by atoms with Gasteiger partial charge in [-0.05, 0) is 35.2 Å². The van der Waals surface area contributed by atoms with Crippen LogP contribution < -0.4 is 0 Å². The van der Waals surface area contributed by atoms with Gasteiger partial charge >= 0.3 is 0 Å². The van der Waals surface area contributed by atoms with Gasteiger partial charge in [0.15, 0.2) is 0 Å². The minimum atomic E-state index is -3.54. The maximum absolute atomic E-state index is 12.5. The molecule has 0 radical (unpaired) electrons. The first kappa shape index (κ1) is 19.2. The fourth-order valence-electron chi connectivity index (χ4n) is 2.48. The van der Waals surface area contributed by atoms with Crippen molar-refractivity contribution in [2.75, 3.05) is 11.5 Å². The largest absolute Gasteiger partial charge is 0.254 e. The van der Waals surface area contributed by atoms with Crippen molar-refractivity contribution >= 4 is 42.2 Å². The molecule has 138 valence electrons. The normalized spacial score (nSPS) is 13.8. The predicted molar refractivity (Wildman–Crippen MR) is 108 cm³/mol. The molecule has 0 aliphatic carbocycles. The number of nitrogens with zero attached hydrogens (tertiary/aromatic N) is 1. The molecule has 0 amide bonds. The first-order chi connectivity index (χ1) is 12.2. The quantitative estimate of drug-likeness (QED) is 0.637. The van der Waals surface area contributed by atoms with Crippen LogP contribution in [0.3, 0.4) is 0 Å². The van der Waals surface area contributed by atoms with Gasteiger partial charge in [0.05, 0.1) is 26.8 Å². The maximum Gasteiger partial charge on any atom is 0.210 e. The van der Waals surface area contributed by atoms with E-state index in [1.54, 1.807) is 6.07 Å². The number of thiazole rings is 1. The highest BCUT2D eigenvalue weighted by atomic mass is 32.2. The Hall–Kier alpha value is -1.57. The fraction of sp³-hybridized carbons (Fsp3) is 0.316. The molecule has 1 atom stereocenters. The number of para-hydroxylation sites is 1. The fourth-order valence-corrected chi connectivity index (χ4v) is 6.78. The average molecular weight is 408 g/mol. The van der Waals surface area contributed by atoms with Gasteiger partial charge in [-0.1, -0.05) is 45.0 Å². The van der Waals surface area contributed by atoms with E-state index in [0.29, 0.717) is 10.4 Å². The van der Waals surface area contributed by atoms with Gasteiger partial charge in [0.25, 0.3) is 0 Å². The van der Waals surface area contributed by atoms with Crippen molar-refractivity contribution in [3.63, 3.8) is 0 Å². The van der Waals surface area contributed by atoms with Crippen LogP contribution in [0.25, 0.3) is 10.2 Å². The molecular weight excluding hydrogens is 386 g/mol. The molecule has 3 rings (SSSR count). The van der Waals surface area contributed by atoms with Gasteiger partial charge < -0.3 is 0 Å². The molecule has 0 N–H and O–H groups in total. The van der Waals surface area contributed by atoms with Gasteiger partial charge in [-0.25, -0.2) is 13.4 Å².